The third-order valence-electron chi connectivity index (χ3n) is 2.99. The third-order valence-corrected chi connectivity index (χ3v) is 3.77. The summed E-state index contributed by atoms with van der Waals surface area (Å²) < 4.78 is 3.11. The van der Waals surface area contributed by atoms with E-state index in [1.165, 1.54) is 0 Å². The zero-order valence-electron chi connectivity index (χ0n) is 9.70. The number of fused-ring (bicyclic) bond motifs is 1. The second-order valence-electron chi connectivity index (χ2n) is 4.64. The van der Waals surface area contributed by atoms with Crippen LogP contribution in [0.4, 0.5) is 5.82 Å². The van der Waals surface area contributed by atoms with Gasteiger partial charge in [-0.25, -0.2) is 4.68 Å². The molecule has 0 saturated carbocycles. The Bertz CT molecular complexity index is 376. The Labute approximate surface area is 104 Å². The van der Waals surface area contributed by atoms with Gasteiger partial charge < -0.3 is 10.4 Å². The number of anilines is 1. The van der Waals surface area contributed by atoms with Crippen LogP contribution in [0.1, 0.15) is 31.9 Å². The standard InChI is InChI=1S/C11H18BrN3O/c1-7(2)10-9(12)11-13-5-8(3-4-16)6-15(11)14-10/h7-8,13,16H,3-6H2,1-2H3. The van der Waals surface area contributed by atoms with Gasteiger partial charge in [0.1, 0.15) is 5.82 Å². The smallest absolute Gasteiger partial charge is 0.139 e. The first-order valence-electron chi connectivity index (χ1n) is 5.74. The minimum absolute atomic E-state index is 0.251. The monoisotopic (exact) mass is 287 g/mol. The molecular formula is C11H18BrN3O. The molecule has 0 spiro atoms. The zero-order chi connectivity index (χ0) is 11.7. The van der Waals surface area contributed by atoms with Gasteiger partial charge in [0.2, 0.25) is 0 Å². The Kier molecular flexibility index (Phi) is 3.54. The number of hydrogen-bond donors (Lipinski definition) is 2. The van der Waals surface area contributed by atoms with Crippen LogP contribution in [0.15, 0.2) is 4.47 Å². The summed E-state index contributed by atoms with van der Waals surface area (Å²) in [6, 6.07) is 0. The van der Waals surface area contributed by atoms with Gasteiger partial charge in [-0.2, -0.15) is 5.10 Å². The SMILES string of the molecule is CC(C)c1nn2c(c1Br)NCC(CCO)C2. The van der Waals surface area contributed by atoms with E-state index in [1.54, 1.807) is 0 Å². The van der Waals surface area contributed by atoms with E-state index >= 15 is 0 Å². The van der Waals surface area contributed by atoms with Gasteiger partial charge in [0.25, 0.3) is 0 Å². The molecule has 1 aromatic rings. The molecule has 2 N–H and O–H groups in total. The Morgan fingerprint density at radius 1 is 1.62 bits per heavy atom. The highest BCUT2D eigenvalue weighted by Gasteiger charge is 2.24. The summed E-state index contributed by atoms with van der Waals surface area (Å²) in [6.45, 7) is 6.35. The first-order valence-corrected chi connectivity index (χ1v) is 6.53. The maximum Gasteiger partial charge on any atom is 0.139 e. The van der Waals surface area contributed by atoms with Crippen molar-refractivity contribution in [1.29, 1.82) is 0 Å². The Hall–Kier alpha value is -0.550. The fraction of sp³-hybridized carbons (Fsp3) is 0.727. The van der Waals surface area contributed by atoms with Crippen LogP contribution < -0.4 is 5.32 Å². The second-order valence-corrected chi connectivity index (χ2v) is 5.44. The molecule has 0 amide bonds. The fourth-order valence-corrected chi connectivity index (χ4v) is 2.94. The number of rotatable bonds is 3. The van der Waals surface area contributed by atoms with E-state index in [1.807, 2.05) is 4.68 Å². The fourth-order valence-electron chi connectivity index (χ4n) is 2.05. The minimum atomic E-state index is 0.251. The second kappa shape index (κ2) is 4.75. The molecule has 1 aliphatic rings. The molecular weight excluding hydrogens is 270 g/mol. The number of halogens is 1. The molecule has 2 rings (SSSR count). The molecule has 0 saturated heterocycles. The topological polar surface area (TPSA) is 50.1 Å². The molecule has 0 bridgehead atoms. The lowest BCUT2D eigenvalue weighted by Crippen LogP contribution is -2.28. The van der Waals surface area contributed by atoms with Gasteiger partial charge in [-0.15, -0.1) is 0 Å². The van der Waals surface area contributed by atoms with Crippen molar-refractivity contribution in [3.63, 3.8) is 0 Å². The lowest BCUT2D eigenvalue weighted by Gasteiger charge is -2.24. The Balaban J connectivity index is 2.23. The van der Waals surface area contributed by atoms with E-state index in [-0.39, 0.29) is 6.61 Å². The van der Waals surface area contributed by atoms with E-state index in [0.717, 1.165) is 35.5 Å². The van der Waals surface area contributed by atoms with Gasteiger partial charge in [0.15, 0.2) is 0 Å². The summed E-state index contributed by atoms with van der Waals surface area (Å²) in [6.07, 6.45) is 0.834. The van der Waals surface area contributed by atoms with Crippen molar-refractivity contribution in [3.05, 3.63) is 10.2 Å². The third kappa shape index (κ3) is 2.11. The van der Waals surface area contributed by atoms with Gasteiger partial charge in [0, 0.05) is 19.7 Å². The van der Waals surface area contributed by atoms with Crippen LogP contribution in [-0.4, -0.2) is 28.0 Å². The van der Waals surface area contributed by atoms with Gasteiger partial charge in [-0.1, -0.05) is 13.8 Å². The first kappa shape index (κ1) is 11.9. The molecule has 2 heterocycles. The van der Waals surface area contributed by atoms with E-state index < -0.39 is 0 Å². The summed E-state index contributed by atoms with van der Waals surface area (Å²) in [5, 5.41) is 16.9. The Morgan fingerprint density at radius 3 is 3.00 bits per heavy atom. The molecule has 0 fully saturated rings. The van der Waals surface area contributed by atoms with Gasteiger partial charge >= 0.3 is 0 Å². The predicted molar refractivity (Wildman–Crippen MR) is 67.7 cm³/mol. The molecule has 0 radical (unpaired) electrons. The van der Waals surface area contributed by atoms with Gasteiger partial charge in [-0.3, -0.25) is 0 Å². The average Bonchev–Trinajstić information content (AvgIpc) is 2.56. The number of hydrogen-bond acceptors (Lipinski definition) is 3. The number of nitrogens with one attached hydrogen (secondary N) is 1. The lowest BCUT2D eigenvalue weighted by molar-refractivity contribution is 0.244. The van der Waals surface area contributed by atoms with E-state index in [0.29, 0.717) is 11.8 Å². The van der Waals surface area contributed by atoms with Crippen LogP contribution in [0.25, 0.3) is 0 Å². The highest BCUT2D eigenvalue weighted by atomic mass is 79.9. The van der Waals surface area contributed by atoms with Crippen molar-refractivity contribution in [1.82, 2.24) is 9.78 Å². The summed E-state index contributed by atoms with van der Waals surface area (Å²) in [5.74, 6) is 1.98. The van der Waals surface area contributed by atoms with Crippen molar-refractivity contribution in [3.8, 4) is 0 Å². The van der Waals surface area contributed by atoms with Crippen molar-refractivity contribution < 1.29 is 5.11 Å². The predicted octanol–water partition coefficient (Wildman–Crippen LogP) is 2.19. The van der Waals surface area contributed by atoms with Crippen molar-refractivity contribution in [2.45, 2.75) is 32.7 Å². The Morgan fingerprint density at radius 2 is 2.38 bits per heavy atom. The molecule has 0 aromatic carbocycles. The van der Waals surface area contributed by atoms with E-state index in [9.17, 15) is 0 Å². The maximum atomic E-state index is 8.95. The quantitative estimate of drug-likeness (QED) is 0.896. The number of aliphatic hydroxyl groups is 1. The molecule has 1 aliphatic heterocycles. The minimum Gasteiger partial charge on any atom is -0.396 e. The molecule has 16 heavy (non-hydrogen) atoms. The summed E-state index contributed by atoms with van der Waals surface area (Å²) in [7, 11) is 0. The highest BCUT2D eigenvalue weighted by Crippen LogP contribution is 2.33. The summed E-state index contributed by atoms with van der Waals surface area (Å²) in [5.41, 5.74) is 1.10. The van der Waals surface area contributed by atoms with E-state index in [2.05, 4.69) is 40.2 Å². The van der Waals surface area contributed by atoms with Crippen LogP contribution in [0.2, 0.25) is 0 Å². The zero-order valence-corrected chi connectivity index (χ0v) is 11.3. The number of aliphatic hydroxyl groups excluding tert-OH is 1. The van der Waals surface area contributed by atoms with E-state index in [4.69, 9.17) is 5.11 Å². The first-order chi connectivity index (χ1) is 7.63. The van der Waals surface area contributed by atoms with Crippen LogP contribution in [0.3, 0.4) is 0 Å². The van der Waals surface area contributed by atoms with Crippen LogP contribution in [-0.2, 0) is 6.54 Å². The molecule has 4 nitrogen and oxygen atoms in total. The maximum absolute atomic E-state index is 8.95. The van der Waals surface area contributed by atoms with Crippen LogP contribution in [0.5, 0.6) is 0 Å². The molecule has 1 aromatic heterocycles. The highest BCUT2D eigenvalue weighted by molar-refractivity contribution is 9.10. The van der Waals surface area contributed by atoms with Gasteiger partial charge in [0.05, 0.1) is 10.2 Å². The van der Waals surface area contributed by atoms with Crippen LogP contribution in [0, 0.1) is 5.92 Å². The lowest BCUT2D eigenvalue weighted by atomic mass is 10.1. The summed E-state index contributed by atoms with van der Waals surface area (Å²) in [4.78, 5) is 0. The molecule has 1 unspecified atom stereocenters. The molecule has 0 aliphatic carbocycles. The largest absolute Gasteiger partial charge is 0.396 e. The van der Waals surface area contributed by atoms with Crippen LogP contribution >= 0.6 is 15.9 Å². The normalized spacial score (nSPS) is 19.7. The van der Waals surface area contributed by atoms with Crippen molar-refractivity contribution in [2.75, 3.05) is 18.5 Å². The average molecular weight is 288 g/mol. The summed E-state index contributed by atoms with van der Waals surface area (Å²) >= 11 is 3.60. The van der Waals surface area contributed by atoms with Gasteiger partial charge in [-0.05, 0) is 34.2 Å². The number of aromatic nitrogens is 2. The van der Waals surface area contributed by atoms with Crippen molar-refractivity contribution >= 4 is 21.7 Å². The van der Waals surface area contributed by atoms with Crippen molar-refractivity contribution in [2.24, 2.45) is 5.92 Å². The molecule has 5 heteroatoms. The number of nitrogens with zero attached hydrogens (tertiary/aromatic N) is 2. The molecule has 1 atom stereocenters. The molecule has 90 valence electrons.